The van der Waals surface area contributed by atoms with Gasteiger partial charge in [-0.3, -0.25) is 0 Å². The Morgan fingerprint density at radius 3 is 2.60 bits per heavy atom. The molecular formula is C13H7Br3N2OS. The van der Waals surface area contributed by atoms with Crippen LogP contribution in [0.1, 0.15) is 0 Å². The summed E-state index contributed by atoms with van der Waals surface area (Å²) >= 11 is 12.0. The molecule has 0 bridgehead atoms. The number of nitrogens with two attached hydrogens (primary N) is 1. The van der Waals surface area contributed by atoms with E-state index in [9.17, 15) is 0 Å². The Labute approximate surface area is 144 Å². The second kappa shape index (κ2) is 5.63. The highest BCUT2D eigenvalue weighted by atomic mass is 79.9. The van der Waals surface area contributed by atoms with E-state index >= 15 is 0 Å². The quantitative estimate of drug-likeness (QED) is 0.496. The van der Waals surface area contributed by atoms with Gasteiger partial charge in [-0.05, 0) is 55.6 Å². The lowest BCUT2D eigenvalue weighted by Crippen LogP contribution is -1.86. The molecule has 7 heteroatoms. The molecule has 2 heterocycles. The highest BCUT2D eigenvalue weighted by Gasteiger charge is 2.20. The summed E-state index contributed by atoms with van der Waals surface area (Å²) in [7, 11) is 0. The summed E-state index contributed by atoms with van der Waals surface area (Å²) in [6, 6.07) is 9.88. The molecule has 0 unspecified atom stereocenters. The predicted molar refractivity (Wildman–Crippen MR) is 92.8 cm³/mol. The van der Waals surface area contributed by atoms with E-state index in [-0.39, 0.29) is 0 Å². The summed E-state index contributed by atoms with van der Waals surface area (Å²) in [6.45, 7) is 0. The Balaban J connectivity index is 2.19. The van der Waals surface area contributed by atoms with Gasteiger partial charge in [-0.25, -0.2) is 0 Å². The van der Waals surface area contributed by atoms with Crippen molar-refractivity contribution in [2.75, 3.05) is 5.73 Å². The number of anilines is 1. The number of hydrogen-bond donors (Lipinski definition) is 1. The van der Waals surface area contributed by atoms with Gasteiger partial charge in [0.2, 0.25) is 5.88 Å². The lowest BCUT2D eigenvalue weighted by Gasteiger charge is -2.01. The number of benzene rings is 1. The first-order chi connectivity index (χ1) is 9.56. The van der Waals surface area contributed by atoms with Gasteiger partial charge in [0.05, 0.1) is 14.2 Å². The highest BCUT2D eigenvalue weighted by Crippen LogP contribution is 2.43. The number of thiophene rings is 1. The Bertz CT molecular complexity index is 762. The van der Waals surface area contributed by atoms with E-state index in [1.165, 1.54) is 0 Å². The minimum Gasteiger partial charge on any atom is -0.367 e. The lowest BCUT2D eigenvalue weighted by atomic mass is 10.1. The summed E-state index contributed by atoms with van der Waals surface area (Å²) in [5.41, 5.74) is 8.47. The number of hydrogen-bond acceptors (Lipinski definition) is 4. The van der Waals surface area contributed by atoms with Gasteiger partial charge in [0.25, 0.3) is 0 Å². The van der Waals surface area contributed by atoms with Crippen LogP contribution in [0.3, 0.4) is 0 Å². The number of nitrogens with zero attached hydrogens (tertiary/aromatic N) is 1. The van der Waals surface area contributed by atoms with Crippen LogP contribution in [0.5, 0.6) is 0 Å². The predicted octanol–water partition coefficient (Wildman–Crippen LogP) is 5.94. The normalized spacial score (nSPS) is 10.9. The second-order valence-electron chi connectivity index (χ2n) is 4.01. The maximum Gasteiger partial charge on any atom is 0.230 e. The van der Waals surface area contributed by atoms with Crippen molar-refractivity contribution in [1.82, 2.24) is 5.16 Å². The number of aromatic nitrogens is 1. The standard InChI is InChI=1S/C13H7Br3N2OS/c14-7-3-1-2-6(4-7)10-11(18-19-13(10)17)9-5-8(15)12(16)20-9/h1-5H,17H2. The fraction of sp³-hybridized carbons (Fsp3) is 0. The van der Waals surface area contributed by atoms with E-state index in [0.717, 1.165) is 34.4 Å². The molecule has 2 N–H and O–H groups in total. The zero-order chi connectivity index (χ0) is 14.3. The molecule has 102 valence electrons. The van der Waals surface area contributed by atoms with E-state index in [4.69, 9.17) is 10.3 Å². The van der Waals surface area contributed by atoms with E-state index in [1.54, 1.807) is 11.3 Å². The summed E-state index contributed by atoms with van der Waals surface area (Å²) in [5.74, 6) is 0.318. The summed E-state index contributed by atoms with van der Waals surface area (Å²) in [4.78, 5) is 0.985. The Hall–Kier alpha value is -0.630. The zero-order valence-corrected chi connectivity index (χ0v) is 15.4. The van der Waals surface area contributed by atoms with E-state index < -0.39 is 0 Å². The number of rotatable bonds is 2. The van der Waals surface area contributed by atoms with Gasteiger partial charge in [-0.2, -0.15) is 0 Å². The zero-order valence-electron chi connectivity index (χ0n) is 9.86. The van der Waals surface area contributed by atoms with Crippen LogP contribution >= 0.6 is 59.1 Å². The highest BCUT2D eigenvalue weighted by molar-refractivity contribution is 9.13. The van der Waals surface area contributed by atoms with E-state index in [1.807, 2.05) is 30.3 Å². The molecule has 0 radical (unpaired) electrons. The van der Waals surface area contributed by atoms with Crippen molar-refractivity contribution < 1.29 is 4.52 Å². The Kier molecular flexibility index (Phi) is 4.03. The van der Waals surface area contributed by atoms with Crippen molar-refractivity contribution in [2.45, 2.75) is 0 Å². The molecule has 0 aliphatic carbocycles. The largest absolute Gasteiger partial charge is 0.367 e. The van der Waals surface area contributed by atoms with Gasteiger partial charge < -0.3 is 10.3 Å². The lowest BCUT2D eigenvalue weighted by molar-refractivity contribution is 0.439. The average molecular weight is 479 g/mol. The molecule has 20 heavy (non-hydrogen) atoms. The number of nitrogen functional groups attached to an aromatic ring is 1. The third-order valence-corrected chi connectivity index (χ3v) is 6.47. The molecule has 0 saturated carbocycles. The first-order valence-electron chi connectivity index (χ1n) is 5.52. The van der Waals surface area contributed by atoms with Crippen molar-refractivity contribution in [3.8, 4) is 21.7 Å². The molecule has 0 aliphatic rings. The molecule has 1 aromatic carbocycles. The maximum absolute atomic E-state index is 5.94. The van der Waals surface area contributed by atoms with Crippen LogP contribution in [0.15, 0.2) is 47.6 Å². The van der Waals surface area contributed by atoms with Crippen LogP contribution in [0.4, 0.5) is 5.88 Å². The van der Waals surface area contributed by atoms with Crippen LogP contribution in [0.2, 0.25) is 0 Å². The van der Waals surface area contributed by atoms with Crippen LogP contribution in [0, 0.1) is 0 Å². The van der Waals surface area contributed by atoms with Gasteiger partial charge >= 0.3 is 0 Å². The second-order valence-corrected chi connectivity index (χ2v) is 8.15. The molecule has 3 aromatic rings. The topological polar surface area (TPSA) is 52.0 Å². The number of halogens is 3. The molecule has 0 atom stereocenters. The fourth-order valence-electron chi connectivity index (χ4n) is 1.86. The van der Waals surface area contributed by atoms with E-state index in [2.05, 4.69) is 52.9 Å². The van der Waals surface area contributed by atoms with Gasteiger partial charge in [0, 0.05) is 8.95 Å². The first-order valence-corrected chi connectivity index (χ1v) is 8.72. The third kappa shape index (κ3) is 2.59. The summed E-state index contributed by atoms with van der Waals surface area (Å²) in [5, 5.41) is 4.10. The third-order valence-electron chi connectivity index (χ3n) is 2.71. The van der Waals surface area contributed by atoms with Gasteiger partial charge in [0.15, 0.2) is 0 Å². The molecule has 0 saturated heterocycles. The Morgan fingerprint density at radius 1 is 1.15 bits per heavy atom. The van der Waals surface area contributed by atoms with Crippen molar-refractivity contribution in [1.29, 1.82) is 0 Å². The minimum atomic E-state index is 0.318. The van der Waals surface area contributed by atoms with Crippen LogP contribution in [-0.2, 0) is 0 Å². The molecule has 3 nitrogen and oxygen atoms in total. The minimum absolute atomic E-state index is 0.318. The molecule has 0 aliphatic heterocycles. The van der Waals surface area contributed by atoms with Gasteiger partial charge in [-0.15, -0.1) is 11.3 Å². The van der Waals surface area contributed by atoms with Crippen molar-refractivity contribution in [3.63, 3.8) is 0 Å². The van der Waals surface area contributed by atoms with Crippen LogP contribution in [-0.4, -0.2) is 5.16 Å². The van der Waals surface area contributed by atoms with Crippen LogP contribution < -0.4 is 5.73 Å². The van der Waals surface area contributed by atoms with E-state index in [0.29, 0.717) is 5.88 Å². The molecule has 2 aromatic heterocycles. The first kappa shape index (κ1) is 14.3. The molecule has 3 rings (SSSR count). The monoisotopic (exact) mass is 476 g/mol. The molecule has 0 spiro atoms. The average Bonchev–Trinajstić information content (AvgIpc) is 2.93. The molecule has 0 fully saturated rings. The van der Waals surface area contributed by atoms with Crippen molar-refractivity contribution >= 4 is 65.0 Å². The van der Waals surface area contributed by atoms with Gasteiger partial charge in [0.1, 0.15) is 5.69 Å². The van der Waals surface area contributed by atoms with Crippen molar-refractivity contribution in [3.05, 3.63) is 43.1 Å². The maximum atomic E-state index is 5.94. The smallest absolute Gasteiger partial charge is 0.230 e. The SMILES string of the molecule is Nc1onc(-c2cc(Br)c(Br)s2)c1-c1cccc(Br)c1. The molecule has 0 amide bonds. The fourth-order valence-corrected chi connectivity index (χ4v) is 4.28. The van der Waals surface area contributed by atoms with Crippen molar-refractivity contribution in [2.24, 2.45) is 0 Å². The summed E-state index contributed by atoms with van der Waals surface area (Å²) < 4.78 is 8.16. The summed E-state index contributed by atoms with van der Waals surface area (Å²) in [6.07, 6.45) is 0. The molecular weight excluding hydrogens is 472 g/mol. The van der Waals surface area contributed by atoms with Gasteiger partial charge in [-0.1, -0.05) is 33.2 Å². The van der Waals surface area contributed by atoms with Crippen LogP contribution in [0.25, 0.3) is 21.7 Å². The Morgan fingerprint density at radius 2 is 1.95 bits per heavy atom.